The Morgan fingerprint density at radius 1 is 0.289 bits per heavy atom. The van der Waals surface area contributed by atoms with Crippen LogP contribution in [0.15, 0.2) is 321 Å². The van der Waals surface area contributed by atoms with Crippen LogP contribution in [0.3, 0.4) is 0 Å². The molecule has 5 heteroatoms. The van der Waals surface area contributed by atoms with E-state index in [4.69, 9.17) is 5.48 Å². The maximum absolute atomic E-state index is 11.6. The van der Waals surface area contributed by atoms with E-state index < -0.39 is 184 Å². The van der Waals surface area contributed by atoms with Crippen molar-refractivity contribution in [2.24, 2.45) is 0 Å². The quantitative estimate of drug-likeness (QED) is 0.134. The van der Waals surface area contributed by atoms with Gasteiger partial charge in [-0.15, -0.1) is 0 Å². The lowest BCUT2D eigenvalue weighted by atomic mass is 9.33. The smallest absolute Gasteiger partial charge is 0.252 e. The van der Waals surface area contributed by atoms with E-state index in [1.54, 1.807) is 0 Å². The van der Waals surface area contributed by atoms with E-state index in [-0.39, 0.29) is 55.2 Å². The Morgan fingerprint density at radius 2 is 0.629 bits per heavy atom. The van der Waals surface area contributed by atoms with Crippen LogP contribution in [0, 0.1) is 0 Å². The third-order valence-corrected chi connectivity index (χ3v) is 18.9. The van der Waals surface area contributed by atoms with Crippen molar-refractivity contribution in [1.82, 2.24) is 9.13 Å². The zero-order valence-corrected chi connectivity index (χ0v) is 53.8. The third-order valence-electron chi connectivity index (χ3n) is 18.9. The molecule has 0 atom stereocenters. The number of benzene rings is 14. The van der Waals surface area contributed by atoms with Gasteiger partial charge in [-0.25, -0.2) is 0 Å². The molecule has 4 nitrogen and oxygen atoms in total. The SMILES string of the molecule is [2H]c1c([2H])c(-n2c3c([2H])c([2H])c([2H])c([2H])c3c3c([2H])c([2H])c([2H])c([2H])c32)c([2H])c2c1B1c3c(cc(-c4cc(C(C)(C)C)cc(C(C)(C)C)c4)cc3N(c3ccc(-c4ccccc4)cc3-c3ccccc3)c3c([2H])c(-n4c5c([2H])c([2H])c([2H])c([2H])c5c5c([2H])c([2H])c([2H])c([2H])c54)c([2H])c([2H])c31)N2c1ccc(-c2ccccc2)cc1-c1ccccc1. The van der Waals surface area contributed by atoms with E-state index in [0.717, 1.165) is 42.5 Å². The second-order valence-electron chi connectivity index (χ2n) is 26.8. The molecule has 0 aliphatic carbocycles. The molecule has 14 aromatic carbocycles. The predicted molar refractivity (Wildman–Crippen MR) is 414 cm³/mol. The van der Waals surface area contributed by atoms with E-state index in [0.29, 0.717) is 50.2 Å². The van der Waals surface area contributed by atoms with Crippen LogP contribution in [0.4, 0.5) is 34.1 Å². The summed E-state index contributed by atoms with van der Waals surface area (Å²) < 4.78 is 220. The van der Waals surface area contributed by atoms with Crippen LogP contribution in [-0.2, 0) is 10.8 Å². The standard InChI is InChI=1S/C92H71BN4/c1-91(2,3)68-51-66(52-69(57-68)92(4,5)6)67-55-88-90-89(56-67)97(85-50-44-65(61-29-13-8-14-30-61)54-77(85)63-33-17-10-18-34-63)87-59-71(95-82-41-25-21-37-74(82)75-38-22-26-42-83(75)95)46-48-79(87)93(90)78-47-45-70(94-80-39-23-19-35-72(80)73-36-20-24-40-81(73)94)58-86(78)96(88)84-49-43-64(60-27-11-7-12-28-60)53-76(84)62-31-15-9-16-32-62/h7-59H,1-6H3/i19D,20D,21D,22D,23D,24D,25D,26D,35D,36D,37D,38D,39D,40D,41D,42D,45D,46D,47D,48D,58D,59D. The molecule has 0 spiro atoms. The topological polar surface area (TPSA) is 16.3 Å². The lowest BCUT2D eigenvalue weighted by molar-refractivity contribution is 0.569. The molecule has 0 unspecified atom stereocenters. The fourth-order valence-corrected chi connectivity index (χ4v) is 14.1. The Kier molecular flexibility index (Phi) is 9.11. The van der Waals surface area contributed by atoms with Crippen LogP contribution in [0.25, 0.3) is 111 Å². The van der Waals surface area contributed by atoms with Crippen LogP contribution in [0.2, 0.25) is 0 Å². The molecule has 4 heterocycles. The number of aromatic nitrogens is 2. The molecule has 18 rings (SSSR count). The predicted octanol–water partition coefficient (Wildman–Crippen LogP) is 22.9. The summed E-state index contributed by atoms with van der Waals surface area (Å²) >= 11 is 0. The summed E-state index contributed by atoms with van der Waals surface area (Å²) in [5, 5.41) is -1.41. The highest BCUT2D eigenvalue weighted by atomic mass is 15.2. The summed E-state index contributed by atoms with van der Waals surface area (Å²) in [6.45, 7) is 11.1. The fraction of sp³-hybridized carbons (Fsp3) is 0.0870. The van der Waals surface area contributed by atoms with Gasteiger partial charge in [-0.1, -0.05) is 278 Å². The molecule has 0 amide bonds. The number of para-hydroxylation sites is 4. The molecular formula is C92H71BN4. The van der Waals surface area contributed by atoms with Crippen LogP contribution in [0.5, 0.6) is 0 Å². The molecule has 462 valence electrons. The molecule has 2 aromatic heterocycles. The number of anilines is 6. The van der Waals surface area contributed by atoms with Gasteiger partial charge in [-0.3, -0.25) is 0 Å². The third kappa shape index (κ3) is 9.58. The largest absolute Gasteiger partial charge is 0.311 e. The van der Waals surface area contributed by atoms with Crippen molar-refractivity contribution >= 4 is 101 Å². The summed E-state index contributed by atoms with van der Waals surface area (Å²) in [7, 11) is 0. The van der Waals surface area contributed by atoms with E-state index in [2.05, 4.69) is 59.7 Å². The minimum Gasteiger partial charge on any atom is -0.311 e. The van der Waals surface area contributed by atoms with Gasteiger partial charge in [0.05, 0.1) is 63.6 Å². The van der Waals surface area contributed by atoms with Crippen molar-refractivity contribution in [3.63, 3.8) is 0 Å². The molecule has 97 heavy (non-hydrogen) atoms. The van der Waals surface area contributed by atoms with Gasteiger partial charge < -0.3 is 18.9 Å². The summed E-state index contributed by atoms with van der Waals surface area (Å²) in [6.07, 6.45) is 0. The Labute approximate surface area is 599 Å². The van der Waals surface area contributed by atoms with Gasteiger partial charge in [0, 0.05) is 66.8 Å². The van der Waals surface area contributed by atoms with Gasteiger partial charge in [0.15, 0.2) is 0 Å². The van der Waals surface area contributed by atoms with E-state index in [1.165, 1.54) is 0 Å². The van der Waals surface area contributed by atoms with Crippen molar-refractivity contribution in [1.29, 1.82) is 0 Å². The molecule has 2 aliphatic rings. The lowest BCUT2D eigenvalue weighted by Crippen LogP contribution is -2.61. The van der Waals surface area contributed by atoms with Crippen molar-refractivity contribution in [2.75, 3.05) is 9.80 Å². The Hall–Kier alpha value is -11.7. The molecular weight excluding hydrogens is 1170 g/mol. The Bertz CT molecular complexity index is 6590. The van der Waals surface area contributed by atoms with Crippen LogP contribution >= 0.6 is 0 Å². The van der Waals surface area contributed by atoms with Crippen molar-refractivity contribution in [3.05, 3.63) is 332 Å². The second kappa shape index (κ2) is 22.5. The maximum atomic E-state index is 11.6. The van der Waals surface area contributed by atoms with E-state index in [1.807, 2.05) is 180 Å². The number of hydrogen-bond donors (Lipinski definition) is 0. The molecule has 0 fully saturated rings. The molecule has 0 N–H and O–H groups in total. The first kappa shape index (κ1) is 39.3. The average Bonchev–Trinajstić information content (AvgIpc) is 1.56. The Balaban J connectivity index is 1.11. The van der Waals surface area contributed by atoms with Gasteiger partial charge >= 0.3 is 0 Å². The average molecular weight is 1270 g/mol. The number of hydrogen-bond acceptors (Lipinski definition) is 2. The van der Waals surface area contributed by atoms with Crippen LogP contribution < -0.4 is 26.2 Å². The molecule has 16 aromatic rings. The van der Waals surface area contributed by atoms with Gasteiger partial charge in [0.2, 0.25) is 0 Å². The zero-order valence-electron chi connectivity index (χ0n) is 75.8. The summed E-state index contributed by atoms with van der Waals surface area (Å²) in [6, 6.07) is 44.5. The first-order valence-electron chi connectivity index (χ1n) is 43.3. The number of rotatable bonds is 9. The molecule has 0 bridgehead atoms. The fourth-order valence-electron chi connectivity index (χ4n) is 14.1. The maximum Gasteiger partial charge on any atom is 0.252 e. The van der Waals surface area contributed by atoms with Crippen LogP contribution in [0.1, 0.15) is 82.8 Å². The normalized spacial score (nSPS) is 16.0. The van der Waals surface area contributed by atoms with Gasteiger partial charge in [0.1, 0.15) is 0 Å². The van der Waals surface area contributed by atoms with Gasteiger partial charge in [-0.05, 0) is 168 Å². The molecule has 0 saturated heterocycles. The minimum atomic E-state index is -1.63. The second-order valence-corrected chi connectivity index (χ2v) is 26.8. The Morgan fingerprint density at radius 3 is 0.990 bits per heavy atom. The summed E-state index contributed by atoms with van der Waals surface area (Å²) in [4.78, 5) is 3.65. The number of fused-ring (bicyclic) bond motifs is 10. The zero-order chi connectivity index (χ0) is 84.4. The molecule has 2 aliphatic heterocycles. The molecule has 0 saturated carbocycles. The van der Waals surface area contributed by atoms with E-state index >= 15 is 0 Å². The van der Waals surface area contributed by atoms with Gasteiger partial charge in [0.25, 0.3) is 6.71 Å². The highest BCUT2D eigenvalue weighted by Gasteiger charge is 2.45. The van der Waals surface area contributed by atoms with Crippen LogP contribution in [-0.4, -0.2) is 15.8 Å². The number of nitrogens with zero attached hydrogens (tertiary/aromatic N) is 4. The van der Waals surface area contributed by atoms with Gasteiger partial charge in [-0.2, -0.15) is 0 Å². The first-order valence-corrected chi connectivity index (χ1v) is 32.3. The molecule has 0 radical (unpaired) electrons. The highest BCUT2D eigenvalue weighted by molar-refractivity contribution is 7.00. The van der Waals surface area contributed by atoms with Crippen molar-refractivity contribution < 1.29 is 30.2 Å². The van der Waals surface area contributed by atoms with Crippen molar-refractivity contribution in [3.8, 4) is 67.0 Å². The minimum absolute atomic E-state index is 0.158. The monoisotopic (exact) mass is 1260 g/mol. The highest BCUT2D eigenvalue weighted by Crippen LogP contribution is 2.52. The lowest BCUT2D eigenvalue weighted by Gasteiger charge is -2.45. The summed E-state index contributed by atoms with van der Waals surface area (Å²) in [5.74, 6) is 0. The van der Waals surface area contributed by atoms with Crippen molar-refractivity contribution in [2.45, 2.75) is 52.4 Å². The first-order chi connectivity index (χ1) is 56.6. The summed E-state index contributed by atoms with van der Waals surface area (Å²) in [5.41, 5.74) is 5.96. The van der Waals surface area contributed by atoms with E-state index in [9.17, 15) is 24.7 Å².